The Morgan fingerprint density at radius 1 is 1.11 bits per heavy atom. The second-order valence-corrected chi connectivity index (χ2v) is 12.7. The number of rotatable bonds is 2. The van der Waals surface area contributed by atoms with E-state index in [9.17, 15) is 14.7 Å². The Morgan fingerprint density at radius 3 is 2.67 bits per heavy atom. The van der Waals surface area contributed by atoms with Crippen LogP contribution in [0, 0.1) is 22.7 Å². The van der Waals surface area contributed by atoms with Gasteiger partial charge in [-0.1, -0.05) is 19.4 Å². The van der Waals surface area contributed by atoms with Crippen LogP contribution in [-0.4, -0.2) is 46.9 Å². The van der Waals surface area contributed by atoms with Gasteiger partial charge in [0, 0.05) is 30.6 Å². The van der Waals surface area contributed by atoms with Gasteiger partial charge in [-0.2, -0.15) is 0 Å². The average Bonchev–Trinajstić information content (AvgIpc) is 3.41. The van der Waals surface area contributed by atoms with E-state index in [-0.39, 0.29) is 46.5 Å². The molecular weight excluding hydrogens is 456 g/mol. The van der Waals surface area contributed by atoms with Gasteiger partial charge in [-0.15, -0.1) is 0 Å². The Balaban J connectivity index is 1.21. The highest BCUT2D eigenvalue weighted by Crippen LogP contribution is 2.70. The molecule has 1 aromatic rings. The fraction of sp³-hybridized carbons (Fsp3) is 0.724. The molecule has 0 spiro atoms. The van der Waals surface area contributed by atoms with Gasteiger partial charge >= 0.3 is 11.7 Å². The van der Waals surface area contributed by atoms with Crippen molar-refractivity contribution in [3.63, 3.8) is 0 Å². The largest absolute Gasteiger partial charge is 0.442 e. The van der Waals surface area contributed by atoms with Gasteiger partial charge in [-0.05, 0) is 98.7 Å². The first kappa shape index (κ1) is 24.2. The van der Waals surface area contributed by atoms with Crippen LogP contribution in [0.2, 0.25) is 0 Å². The standard InChI is InChI=1S/C29H40N2O5/c1-27-11-7-21(36-26(33)31-14-10-20(30)16-31)15-19(27)4-5-24-23(27)8-12-28(2)22(9-13-29(24,28)34)18-3-6-25(32)35-17-18/h3,6,15,17,20-24,34H,4-5,7-14,16,30H2,1-2H3/t20-,21+,22-,23+,24-,27+,28-,29+/m1/s1. The van der Waals surface area contributed by atoms with Crippen LogP contribution < -0.4 is 11.4 Å². The van der Waals surface area contributed by atoms with Crippen LogP contribution in [0.3, 0.4) is 0 Å². The summed E-state index contributed by atoms with van der Waals surface area (Å²) in [6, 6.07) is 3.45. The number of fused-ring (bicyclic) bond motifs is 5. The molecule has 4 fully saturated rings. The van der Waals surface area contributed by atoms with Crippen molar-refractivity contribution in [3.8, 4) is 0 Å². The number of nitrogens with zero attached hydrogens (tertiary/aromatic N) is 1. The maximum atomic E-state index is 12.7. The predicted molar refractivity (Wildman–Crippen MR) is 135 cm³/mol. The third kappa shape index (κ3) is 3.52. The molecule has 4 aliphatic carbocycles. The zero-order valence-corrected chi connectivity index (χ0v) is 21.6. The quantitative estimate of drug-likeness (QED) is 0.590. The molecule has 0 aromatic carbocycles. The van der Waals surface area contributed by atoms with E-state index < -0.39 is 5.60 Å². The summed E-state index contributed by atoms with van der Waals surface area (Å²) in [5, 5.41) is 12.4. The summed E-state index contributed by atoms with van der Waals surface area (Å²) < 4.78 is 11.1. The molecule has 8 atom stereocenters. The fourth-order valence-electron chi connectivity index (χ4n) is 9.02. The Labute approximate surface area is 213 Å². The van der Waals surface area contributed by atoms with E-state index in [1.807, 2.05) is 6.07 Å². The highest BCUT2D eigenvalue weighted by Gasteiger charge is 2.66. The number of hydrogen-bond acceptors (Lipinski definition) is 6. The van der Waals surface area contributed by atoms with E-state index in [1.165, 1.54) is 11.6 Å². The van der Waals surface area contributed by atoms with E-state index in [0.29, 0.717) is 19.0 Å². The van der Waals surface area contributed by atoms with Crippen molar-refractivity contribution < 1.29 is 19.1 Å². The minimum absolute atomic E-state index is 0.0382. The Hall–Kier alpha value is -2.12. The number of hydrogen-bond donors (Lipinski definition) is 2. The summed E-state index contributed by atoms with van der Waals surface area (Å²) in [6.45, 7) is 5.91. The summed E-state index contributed by atoms with van der Waals surface area (Å²) in [6.07, 6.45) is 11.8. The third-order valence-corrected chi connectivity index (χ3v) is 11.1. The van der Waals surface area contributed by atoms with Crippen LogP contribution in [0.5, 0.6) is 0 Å². The number of aliphatic hydroxyl groups is 1. The molecule has 1 saturated heterocycles. The lowest BCUT2D eigenvalue weighted by molar-refractivity contribution is -0.178. The molecule has 0 unspecified atom stereocenters. The van der Waals surface area contributed by atoms with Gasteiger partial charge in [0.2, 0.25) is 0 Å². The van der Waals surface area contributed by atoms with E-state index in [4.69, 9.17) is 14.9 Å². The third-order valence-electron chi connectivity index (χ3n) is 11.1. The highest BCUT2D eigenvalue weighted by atomic mass is 16.6. The zero-order chi connectivity index (χ0) is 25.3. The lowest BCUT2D eigenvalue weighted by Crippen LogP contribution is -2.60. The van der Waals surface area contributed by atoms with Gasteiger partial charge < -0.3 is 24.9 Å². The molecule has 7 heteroatoms. The lowest BCUT2D eigenvalue weighted by atomic mass is 9.45. The lowest BCUT2D eigenvalue weighted by Gasteiger charge is -2.61. The van der Waals surface area contributed by atoms with Crippen molar-refractivity contribution in [2.24, 2.45) is 28.4 Å². The smallest absolute Gasteiger partial charge is 0.410 e. The van der Waals surface area contributed by atoms with Gasteiger partial charge in [0.15, 0.2) is 0 Å². The molecular formula is C29H40N2O5. The van der Waals surface area contributed by atoms with E-state index in [0.717, 1.165) is 63.4 Å². The number of carbonyl (C=O) groups is 1. The maximum absolute atomic E-state index is 12.7. The monoisotopic (exact) mass is 496 g/mol. The molecule has 5 aliphatic rings. The average molecular weight is 497 g/mol. The van der Waals surface area contributed by atoms with Crippen molar-refractivity contribution in [2.75, 3.05) is 13.1 Å². The second-order valence-electron chi connectivity index (χ2n) is 12.7. The number of nitrogens with two attached hydrogens (primary N) is 1. The summed E-state index contributed by atoms with van der Waals surface area (Å²) in [5.74, 6) is 0.881. The molecule has 196 valence electrons. The number of allylic oxidation sites excluding steroid dienone is 1. The number of amides is 1. The fourth-order valence-corrected chi connectivity index (χ4v) is 9.02. The molecule has 36 heavy (non-hydrogen) atoms. The molecule has 3 saturated carbocycles. The molecule has 7 nitrogen and oxygen atoms in total. The molecule has 1 aromatic heterocycles. The van der Waals surface area contributed by atoms with E-state index in [2.05, 4.69) is 19.9 Å². The van der Waals surface area contributed by atoms with Crippen LogP contribution in [0.4, 0.5) is 4.79 Å². The molecule has 1 aliphatic heterocycles. The Kier molecular flexibility index (Phi) is 5.69. The first-order valence-electron chi connectivity index (χ1n) is 13.9. The van der Waals surface area contributed by atoms with Crippen molar-refractivity contribution >= 4 is 6.09 Å². The Morgan fingerprint density at radius 2 is 1.94 bits per heavy atom. The SMILES string of the molecule is C[C@]12CC[C@H](OC(=O)N3CC[C@@H](N)C3)C=C1CC[C@@H]1[C@@H]2CC[C@]2(C)[C@@H](c3ccc(=O)oc3)CC[C@]12O. The molecule has 0 bridgehead atoms. The number of likely N-dealkylation sites (tertiary alicyclic amines) is 1. The second kappa shape index (κ2) is 8.45. The van der Waals surface area contributed by atoms with Crippen molar-refractivity contribution in [2.45, 2.75) is 95.3 Å². The van der Waals surface area contributed by atoms with Crippen molar-refractivity contribution in [1.82, 2.24) is 4.90 Å². The maximum Gasteiger partial charge on any atom is 0.410 e. The van der Waals surface area contributed by atoms with Crippen LogP contribution >= 0.6 is 0 Å². The summed E-state index contributed by atoms with van der Waals surface area (Å²) in [5.41, 5.74) is 7.18. The van der Waals surface area contributed by atoms with Gasteiger partial charge in [-0.25, -0.2) is 9.59 Å². The van der Waals surface area contributed by atoms with Gasteiger partial charge in [0.1, 0.15) is 6.10 Å². The first-order chi connectivity index (χ1) is 17.1. The van der Waals surface area contributed by atoms with Gasteiger partial charge in [0.25, 0.3) is 0 Å². The van der Waals surface area contributed by atoms with Crippen LogP contribution in [0.1, 0.15) is 83.1 Å². The van der Waals surface area contributed by atoms with E-state index in [1.54, 1.807) is 11.2 Å². The molecule has 2 heterocycles. The van der Waals surface area contributed by atoms with Crippen LogP contribution in [0.15, 0.2) is 39.3 Å². The normalized spacial score (nSPS) is 43.8. The van der Waals surface area contributed by atoms with Crippen LogP contribution in [0.25, 0.3) is 0 Å². The van der Waals surface area contributed by atoms with E-state index >= 15 is 0 Å². The number of ether oxygens (including phenoxy) is 1. The van der Waals surface area contributed by atoms with Crippen molar-refractivity contribution in [3.05, 3.63) is 46.0 Å². The topological polar surface area (TPSA) is 106 Å². The molecule has 1 amide bonds. The number of carbonyl (C=O) groups excluding carboxylic acids is 1. The molecule has 6 rings (SSSR count). The molecule has 3 N–H and O–H groups in total. The predicted octanol–water partition coefficient (Wildman–Crippen LogP) is 4.34. The van der Waals surface area contributed by atoms with Crippen molar-refractivity contribution in [1.29, 1.82) is 0 Å². The van der Waals surface area contributed by atoms with Gasteiger partial charge in [0.05, 0.1) is 11.9 Å². The minimum Gasteiger partial charge on any atom is -0.442 e. The summed E-state index contributed by atoms with van der Waals surface area (Å²) in [7, 11) is 0. The highest BCUT2D eigenvalue weighted by molar-refractivity contribution is 5.68. The molecule has 0 radical (unpaired) electrons. The summed E-state index contributed by atoms with van der Waals surface area (Å²) >= 11 is 0. The first-order valence-corrected chi connectivity index (χ1v) is 13.9. The summed E-state index contributed by atoms with van der Waals surface area (Å²) in [4.78, 5) is 25.9. The minimum atomic E-state index is -0.719. The Bertz CT molecular complexity index is 1110. The zero-order valence-electron chi connectivity index (χ0n) is 21.6. The van der Waals surface area contributed by atoms with Crippen LogP contribution in [-0.2, 0) is 4.74 Å². The van der Waals surface area contributed by atoms with Gasteiger partial charge in [-0.3, -0.25) is 0 Å².